The van der Waals surface area contributed by atoms with Crippen molar-refractivity contribution in [3.63, 3.8) is 0 Å². The van der Waals surface area contributed by atoms with E-state index in [1.54, 1.807) is 12.1 Å². The van der Waals surface area contributed by atoms with Gasteiger partial charge in [0.2, 0.25) is 0 Å². The van der Waals surface area contributed by atoms with Crippen LogP contribution in [0.2, 0.25) is 5.02 Å². The minimum absolute atomic E-state index is 0.0860. The Morgan fingerprint density at radius 2 is 2.06 bits per heavy atom. The van der Waals surface area contributed by atoms with Gasteiger partial charge in [-0.05, 0) is 35.6 Å². The lowest BCUT2D eigenvalue weighted by atomic mass is 9.80. The Balaban J connectivity index is 3.21. The molecule has 0 heterocycles. The summed E-state index contributed by atoms with van der Waals surface area (Å²) in [6.07, 6.45) is 2.02. The maximum Gasteiger partial charge on any atom is 0.335 e. The molecule has 0 aliphatic heterocycles. The zero-order valence-corrected chi connectivity index (χ0v) is 10.6. The number of hydrogen-bond donors (Lipinski definition) is 1. The number of carboxylic acid groups (broad SMARTS) is 1. The number of rotatable bonds is 4. The molecule has 0 radical (unpaired) electrons. The number of halogens is 1. The van der Waals surface area contributed by atoms with Crippen LogP contribution in [0, 0.1) is 0 Å². The third kappa shape index (κ3) is 2.76. The summed E-state index contributed by atoms with van der Waals surface area (Å²) in [6.45, 7) is 6.28. The van der Waals surface area contributed by atoms with Crippen molar-refractivity contribution in [2.24, 2.45) is 0 Å². The van der Waals surface area contributed by atoms with Crippen molar-refractivity contribution >= 4 is 17.6 Å². The van der Waals surface area contributed by atoms with Gasteiger partial charge in [-0.15, -0.1) is 0 Å². The number of carboxylic acids is 1. The van der Waals surface area contributed by atoms with Crippen LogP contribution >= 0.6 is 11.6 Å². The lowest BCUT2D eigenvalue weighted by Gasteiger charge is -2.26. The average Bonchev–Trinajstić information content (AvgIpc) is 2.17. The number of carbonyl (C=O) groups is 1. The van der Waals surface area contributed by atoms with Crippen LogP contribution in [0.4, 0.5) is 0 Å². The molecule has 0 spiro atoms. The molecule has 88 valence electrons. The van der Waals surface area contributed by atoms with Gasteiger partial charge in [0.1, 0.15) is 0 Å². The summed E-state index contributed by atoms with van der Waals surface area (Å²) >= 11 is 6.13. The van der Waals surface area contributed by atoms with E-state index in [9.17, 15) is 4.79 Å². The summed E-state index contributed by atoms with van der Waals surface area (Å²) in [5.41, 5.74) is 1.12. The molecule has 0 unspecified atom stereocenters. The van der Waals surface area contributed by atoms with Gasteiger partial charge in [0.05, 0.1) is 5.56 Å². The SMILES string of the molecule is CCCC(C)(C)c1cc(C(=O)O)ccc1Cl. The van der Waals surface area contributed by atoms with E-state index in [1.165, 1.54) is 6.07 Å². The van der Waals surface area contributed by atoms with E-state index in [2.05, 4.69) is 20.8 Å². The minimum Gasteiger partial charge on any atom is -0.478 e. The molecule has 0 aliphatic carbocycles. The fraction of sp³-hybridized carbons (Fsp3) is 0.462. The van der Waals surface area contributed by atoms with Crippen LogP contribution in [0.3, 0.4) is 0 Å². The summed E-state index contributed by atoms with van der Waals surface area (Å²) in [5.74, 6) is -0.912. The largest absolute Gasteiger partial charge is 0.478 e. The van der Waals surface area contributed by atoms with Crippen molar-refractivity contribution in [3.05, 3.63) is 34.3 Å². The first-order valence-electron chi connectivity index (χ1n) is 5.42. The fourth-order valence-corrected chi connectivity index (χ4v) is 2.31. The van der Waals surface area contributed by atoms with Gasteiger partial charge in [-0.2, -0.15) is 0 Å². The van der Waals surface area contributed by atoms with E-state index in [0.717, 1.165) is 18.4 Å². The number of benzene rings is 1. The highest BCUT2D eigenvalue weighted by Gasteiger charge is 2.23. The van der Waals surface area contributed by atoms with E-state index >= 15 is 0 Å². The maximum absolute atomic E-state index is 10.9. The molecule has 0 aromatic heterocycles. The highest BCUT2D eigenvalue weighted by molar-refractivity contribution is 6.31. The molecule has 1 N–H and O–H groups in total. The lowest BCUT2D eigenvalue weighted by molar-refractivity contribution is 0.0696. The van der Waals surface area contributed by atoms with Crippen molar-refractivity contribution in [2.45, 2.75) is 39.0 Å². The van der Waals surface area contributed by atoms with Crippen LogP contribution in [0.25, 0.3) is 0 Å². The van der Waals surface area contributed by atoms with Gasteiger partial charge in [-0.3, -0.25) is 0 Å². The third-order valence-corrected chi connectivity index (χ3v) is 3.15. The van der Waals surface area contributed by atoms with Crippen LogP contribution < -0.4 is 0 Å². The zero-order chi connectivity index (χ0) is 12.3. The molecule has 3 heteroatoms. The van der Waals surface area contributed by atoms with Crippen LogP contribution in [-0.2, 0) is 5.41 Å². The quantitative estimate of drug-likeness (QED) is 0.860. The summed E-state index contributed by atoms with van der Waals surface area (Å²) in [5, 5.41) is 9.59. The van der Waals surface area contributed by atoms with Crippen LogP contribution in [0.1, 0.15) is 49.5 Å². The Morgan fingerprint density at radius 1 is 1.44 bits per heavy atom. The van der Waals surface area contributed by atoms with Gasteiger partial charge in [-0.1, -0.05) is 38.8 Å². The molecule has 1 aromatic carbocycles. The highest BCUT2D eigenvalue weighted by atomic mass is 35.5. The van der Waals surface area contributed by atoms with Crippen LogP contribution in [0.5, 0.6) is 0 Å². The number of hydrogen-bond acceptors (Lipinski definition) is 1. The van der Waals surface area contributed by atoms with E-state index in [0.29, 0.717) is 10.6 Å². The number of aromatic carboxylic acids is 1. The zero-order valence-electron chi connectivity index (χ0n) is 9.88. The second kappa shape index (κ2) is 4.88. The topological polar surface area (TPSA) is 37.3 Å². The monoisotopic (exact) mass is 240 g/mol. The van der Waals surface area contributed by atoms with E-state index in [4.69, 9.17) is 16.7 Å². The standard InChI is InChI=1S/C13H17ClO2/c1-4-7-13(2,3)10-8-9(12(15)16)5-6-11(10)14/h5-6,8H,4,7H2,1-3H3,(H,15,16). The Labute approximate surface area is 101 Å². The summed E-state index contributed by atoms with van der Waals surface area (Å²) in [7, 11) is 0. The Bertz CT molecular complexity index is 397. The van der Waals surface area contributed by atoms with E-state index in [-0.39, 0.29) is 5.41 Å². The van der Waals surface area contributed by atoms with E-state index in [1.807, 2.05) is 0 Å². The Kier molecular flexibility index (Phi) is 3.98. The second-order valence-electron chi connectivity index (χ2n) is 4.63. The summed E-state index contributed by atoms with van der Waals surface area (Å²) in [6, 6.07) is 4.88. The molecule has 0 atom stereocenters. The van der Waals surface area contributed by atoms with Crippen LogP contribution in [-0.4, -0.2) is 11.1 Å². The van der Waals surface area contributed by atoms with Crippen molar-refractivity contribution < 1.29 is 9.90 Å². The average molecular weight is 241 g/mol. The van der Waals surface area contributed by atoms with Gasteiger partial charge < -0.3 is 5.11 Å². The molecule has 0 saturated heterocycles. The molecular weight excluding hydrogens is 224 g/mol. The van der Waals surface area contributed by atoms with Crippen molar-refractivity contribution in [2.75, 3.05) is 0 Å². The normalized spacial score (nSPS) is 11.5. The molecule has 0 aliphatic rings. The first-order chi connectivity index (χ1) is 7.38. The minimum atomic E-state index is -0.912. The van der Waals surface area contributed by atoms with Crippen molar-refractivity contribution in [3.8, 4) is 0 Å². The smallest absolute Gasteiger partial charge is 0.335 e. The molecule has 2 nitrogen and oxygen atoms in total. The highest BCUT2D eigenvalue weighted by Crippen LogP contribution is 2.34. The molecule has 0 bridgehead atoms. The Hall–Kier alpha value is -1.02. The summed E-state index contributed by atoms with van der Waals surface area (Å²) in [4.78, 5) is 10.9. The van der Waals surface area contributed by atoms with Gasteiger partial charge in [-0.25, -0.2) is 4.79 Å². The van der Waals surface area contributed by atoms with Gasteiger partial charge >= 0.3 is 5.97 Å². The van der Waals surface area contributed by atoms with E-state index < -0.39 is 5.97 Å². The van der Waals surface area contributed by atoms with Crippen LogP contribution in [0.15, 0.2) is 18.2 Å². The van der Waals surface area contributed by atoms with Gasteiger partial charge in [0, 0.05) is 5.02 Å². The molecule has 16 heavy (non-hydrogen) atoms. The molecule has 0 amide bonds. The summed E-state index contributed by atoms with van der Waals surface area (Å²) < 4.78 is 0. The maximum atomic E-state index is 10.9. The van der Waals surface area contributed by atoms with Gasteiger partial charge in [0.15, 0.2) is 0 Å². The predicted molar refractivity (Wildman–Crippen MR) is 66.3 cm³/mol. The fourth-order valence-electron chi connectivity index (χ4n) is 1.94. The molecule has 1 rings (SSSR count). The first kappa shape index (κ1) is 13.0. The van der Waals surface area contributed by atoms with Crippen molar-refractivity contribution in [1.29, 1.82) is 0 Å². The first-order valence-corrected chi connectivity index (χ1v) is 5.79. The van der Waals surface area contributed by atoms with Crippen molar-refractivity contribution in [1.82, 2.24) is 0 Å². The third-order valence-electron chi connectivity index (χ3n) is 2.82. The molecule has 0 saturated carbocycles. The molecular formula is C13H17ClO2. The van der Waals surface area contributed by atoms with Gasteiger partial charge in [0.25, 0.3) is 0 Å². The Morgan fingerprint density at radius 3 is 2.56 bits per heavy atom. The molecule has 0 fully saturated rings. The lowest BCUT2D eigenvalue weighted by Crippen LogP contribution is -2.18. The predicted octanol–water partition coefficient (Wildman–Crippen LogP) is 4.12. The molecule has 1 aromatic rings. The second-order valence-corrected chi connectivity index (χ2v) is 5.04.